The van der Waals surface area contributed by atoms with Crippen molar-refractivity contribution in [3.05, 3.63) is 28.2 Å². The molecular weight excluding hydrogens is 223 g/mol. The Morgan fingerprint density at radius 1 is 1.50 bits per heavy atom. The highest BCUT2D eigenvalue weighted by Gasteiger charge is 2.32. The normalized spacial score (nSPS) is 11.4. The zero-order valence-electron chi connectivity index (χ0n) is 6.69. The van der Waals surface area contributed by atoms with Crippen molar-refractivity contribution in [3.8, 4) is 5.75 Å². The molecule has 0 unspecified atom stereocenters. The Balaban J connectivity index is 3.09. The molecule has 0 aromatic carbocycles. The van der Waals surface area contributed by atoms with E-state index in [1.54, 1.807) is 0 Å². The minimum Gasteiger partial charge on any atom is -0.405 e. The average Bonchev–Trinajstić information content (AvgIpc) is 2.01. The molecule has 1 aromatic heterocycles. The minimum atomic E-state index is -4.82. The fourth-order valence-electron chi connectivity index (χ4n) is 0.839. The van der Waals surface area contributed by atoms with E-state index in [1.807, 2.05) is 0 Å². The number of hydrogen-bond donors (Lipinski definition) is 1. The van der Waals surface area contributed by atoms with Crippen molar-refractivity contribution in [3.63, 3.8) is 0 Å². The van der Waals surface area contributed by atoms with Crippen molar-refractivity contribution in [2.75, 3.05) is 0 Å². The number of rotatable bonds is 2. The Labute approximate surface area is 81.5 Å². The lowest BCUT2D eigenvalue weighted by atomic mass is 10.3. The van der Waals surface area contributed by atoms with Gasteiger partial charge in [0.1, 0.15) is 5.75 Å². The summed E-state index contributed by atoms with van der Waals surface area (Å²) in [5.41, 5.74) is -0.937. The second kappa shape index (κ2) is 3.91. The van der Waals surface area contributed by atoms with Gasteiger partial charge in [0.05, 0.1) is 11.4 Å². The first-order valence-electron chi connectivity index (χ1n) is 3.46. The van der Waals surface area contributed by atoms with Crippen molar-refractivity contribution >= 4 is 11.6 Å². The van der Waals surface area contributed by atoms with Crippen molar-refractivity contribution in [1.29, 1.82) is 0 Å². The van der Waals surface area contributed by atoms with Crippen molar-refractivity contribution in [2.45, 2.75) is 12.2 Å². The third-order valence-corrected chi connectivity index (χ3v) is 1.65. The fourth-order valence-corrected chi connectivity index (χ4v) is 1.09. The standard InChI is InChI=1S/C7H5ClF3NO2/c8-3-4-5(14-7(9,10)11)1-2-12-6(4)13/h1-2H,3H2,(H,12,13). The average molecular weight is 228 g/mol. The van der Waals surface area contributed by atoms with Gasteiger partial charge in [0, 0.05) is 6.20 Å². The van der Waals surface area contributed by atoms with Crippen LogP contribution in [0.1, 0.15) is 5.56 Å². The zero-order valence-corrected chi connectivity index (χ0v) is 7.45. The van der Waals surface area contributed by atoms with Crippen LogP contribution in [0, 0.1) is 0 Å². The maximum atomic E-state index is 11.8. The van der Waals surface area contributed by atoms with Crippen LogP contribution >= 0.6 is 11.6 Å². The molecule has 0 amide bonds. The predicted molar refractivity (Wildman–Crippen MR) is 43.3 cm³/mol. The highest BCUT2D eigenvalue weighted by atomic mass is 35.5. The molecule has 0 aliphatic rings. The fraction of sp³-hybridized carbons (Fsp3) is 0.286. The van der Waals surface area contributed by atoms with Crippen molar-refractivity contribution in [2.24, 2.45) is 0 Å². The van der Waals surface area contributed by atoms with E-state index in [4.69, 9.17) is 11.6 Å². The molecule has 0 spiro atoms. The van der Waals surface area contributed by atoms with Gasteiger partial charge in [-0.1, -0.05) is 0 Å². The summed E-state index contributed by atoms with van der Waals surface area (Å²) in [4.78, 5) is 13.2. The van der Waals surface area contributed by atoms with Gasteiger partial charge in [-0.15, -0.1) is 24.8 Å². The topological polar surface area (TPSA) is 42.1 Å². The first-order chi connectivity index (χ1) is 6.44. The Bertz CT molecular complexity index is 374. The molecule has 0 aliphatic carbocycles. The van der Waals surface area contributed by atoms with Crippen LogP contribution in [0.25, 0.3) is 0 Å². The molecule has 0 saturated heterocycles. The third-order valence-electron chi connectivity index (χ3n) is 1.38. The summed E-state index contributed by atoms with van der Waals surface area (Å²) in [5.74, 6) is -0.919. The van der Waals surface area contributed by atoms with E-state index in [9.17, 15) is 18.0 Å². The molecule has 7 heteroatoms. The zero-order chi connectivity index (χ0) is 10.8. The van der Waals surface area contributed by atoms with E-state index in [0.29, 0.717) is 0 Å². The second-order valence-electron chi connectivity index (χ2n) is 2.33. The van der Waals surface area contributed by atoms with Crippen molar-refractivity contribution < 1.29 is 17.9 Å². The molecule has 1 heterocycles. The highest BCUT2D eigenvalue weighted by Crippen LogP contribution is 2.24. The van der Waals surface area contributed by atoms with Gasteiger partial charge < -0.3 is 9.72 Å². The molecule has 14 heavy (non-hydrogen) atoms. The number of pyridine rings is 1. The number of halogens is 4. The van der Waals surface area contributed by atoms with Gasteiger partial charge in [-0.2, -0.15) is 0 Å². The Morgan fingerprint density at radius 3 is 2.64 bits per heavy atom. The summed E-state index contributed by atoms with van der Waals surface area (Å²) in [6.45, 7) is 0. The first-order valence-corrected chi connectivity index (χ1v) is 4.00. The molecule has 1 aromatic rings. The number of hydrogen-bond acceptors (Lipinski definition) is 2. The Kier molecular flexibility index (Phi) is 3.05. The lowest BCUT2D eigenvalue weighted by Crippen LogP contribution is -2.21. The van der Waals surface area contributed by atoms with Crippen LogP contribution in [0.5, 0.6) is 5.75 Å². The van der Waals surface area contributed by atoms with Crippen LogP contribution in [0.4, 0.5) is 13.2 Å². The predicted octanol–water partition coefficient (Wildman–Crippen LogP) is 2.01. The smallest absolute Gasteiger partial charge is 0.405 e. The number of aromatic nitrogens is 1. The second-order valence-corrected chi connectivity index (χ2v) is 2.60. The Morgan fingerprint density at radius 2 is 2.14 bits per heavy atom. The Hall–Kier alpha value is -1.17. The van der Waals surface area contributed by atoms with E-state index < -0.39 is 17.7 Å². The minimum absolute atomic E-state index is 0.244. The molecule has 0 saturated carbocycles. The summed E-state index contributed by atoms with van der Waals surface area (Å²) < 4.78 is 39.0. The van der Waals surface area contributed by atoms with Gasteiger partial charge in [0.15, 0.2) is 0 Å². The lowest BCUT2D eigenvalue weighted by Gasteiger charge is -2.10. The molecule has 0 bridgehead atoms. The van der Waals surface area contributed by atoms with Crippen LogP contribution in [-0.4, -0.2) is 11.3 Å². The maximum absolute atomic E-state index is 11.8. The van der Waals surface area contributed by atoms with Gasteiger partial charge in [-0.25, -0.2) is 0 Å². The van der Waals surface area contributed by atoms with E-state index in [-0.39, 0.29) is 11.4 Å². The van der Waals surface area contributed by atoms with E-state index in [1.165, 1.54) is 0 Å². The molecule has 0 aliphatic heterocycles. The summed E-state index contributed by atoms with van der Waals surface area (Å²) in [5, 5.41) is 0. The first kappa shape index (κ1) is 10.9. The molecule has 0 radical (unpaired) electrons. The SMILES string of the molecule is O=c1[nH]ccc(OC(F)(F)F)c1CCl. The van der Waals surface area contributed by atoms with Crippen LogP contribution in [0.15, 0.2) is 17.1 Å². The monoisotopic (exact) mass is 227 g/mol. The summed E-state index contributed by atoms with van der Waals surface area (Å²) in [7, 11) is 0. The summed E-state index contributed by atoms with van der Waals surface area (Å²) in [6, 6.07) is 0.993. The summed E-state index contributed by atoms with van der Waals surface area (Å²) >= 11 is 5.30. The number of nitrogens with one attached hydrogen (secondary N) is 1. The van der Waals surface area contributed by atoms with Crippen LogP contribution in [0.3, 0.4) is 0 Å². The number of ether oxygens (including phenoxy) is 1. The van der Waals surface area contributed by atoms with Crippen LogP contribution in [-0.2, 0) is 5.88 Å². The van der Waals surface area contributed by atoms with E-state index >= 15 is 0 Å². The lowest BCUT2D eigenvalue weighted by molar-refractivity contribution is -0.274. The highest BCUT2D eigenvalue weighted by molar-refractivity contribution is 6.17. The molecule has 1 rings (SSSR count). The quantitative estimate of drug-likeness (QED) is 0.786. The third kappa shape index (κ3) is 2.66. The summed E-state index contributed by atoms with van der Waals surface area (Å²) in [6.07, 6.45) is -3.77. The molecule has 0 atom stereocenters. The number of alkyl halides is 4. The van der Waals surface area contributed by atoms with Crippen LogP contribution < -0.4 is 10.3 Å². The van der Waals surface area contributed by atoms with Gasteiger partial charge >= 0.3 is 6.36 Å². The van der Waals surface area contributed by atoms with Gasteiger partial charge in [0.25, 0.3) is 5.56 Å². The number of H-pyrrole nitrogens is 1. The van der Waals surface area contributed by atoms with Crippen molar-refractivity contribution in [1.82, 2.24) is 4.98 Å². The molecule has 0 fully saturated rings. The number of aromatic amines is 1. The van der Waals surface area contributed by atoms with Gasteiger partial charge in [-0.3, -0.25) is 4.79 Å². The van der Waals surface area contributed by atoms with E-state index in [2.05, 4.69) is 9.72 Å². The molecule has 78 valence electrons. The maximum Gasteiger partial charge on any atom is 0.573 e. The van der Waals surface area contributed by atoms with Gasteiger partial charge in [0.2, 0.25) is 0 Å². The molecule has 3 nitrogen and oxygen atoms in total. The van der Waals surface area contributed by atoms with E-state index in [0.717, 1.165) is 12.3 Å². The molecule has 1 N–H and O–H groups in total. The van der Waals surface area contributed by atoms with Gasteiger partial charge in [-0.05, 0) is 6.07 Å². The largest absolute Gasteiger partial charge is 0.573 e. The molecular formula is C7H5ClF3NO2. The van der Waals surface area contributed by atoms with Crippen LogP contribution in [0.2, 0.25) is 0 Å².